The Hall–Kier alpha value is -1.90. The number of amides is 1. The summed E-state index contributed by atoms with van der Waals surface area (Å²) in [6.07, 6.45) is -4.27. The smallest absolute Gasteiger partial charge is 0.355 e. The SMILES string of the molecule is Cc1cc(C(F)(F)F)n(C[C@@H](C)CNC(=O)Cc2csc(C)n2)n1. The zero-order chi connectivity index (χ0) is 17.9. The van der Waals surface area contributed by atoms with Gasteiger partial charge in [0.25, 0.3) is 0 Å². The zero-order valence-corrected chi connectivity index (χ0v) is 14.5. The summed E-state index contributed by atoms with van der Waals surface area (Å²) in [5, 5.41) is 9.33. The van der Waals surface area contributed by atoms with Crippen molar-refractivity contribution in [2.24, 2.45) is 5.92 Å². The maximum absolute atomic E-state index is 12.9. The largest absolute Gasteiger partial charge is 0.433 e. The Bertz CT molecular complexity index is 708. The minimum Gasteiger partial charge on any atom is -0.355 e. The van der Waals surface area contributed by atoms with Crippen LogP contribution in [0.25, 0.3) is 0 Å². The van der Waals surface area contributed by atoms with Crippen LogP contribution in [0.2, 0.25) is 0 Å². The van der Waals surface area contributed by atoms with E-state index in [2.05, 4.69) is 15.4 Å². The van der Waals surface area contributed by atoms with Gasteiger partial charge in [-0.3, -0.25) is 9.48 Å². The number of aromatic nitrogens is 3. The van der Waals surface area contributed by atoms with E-state index in [-0.39, 0.29) is 31.3 Å². The lowest BCUT2D eigenvalue weighted by Gasteiger charge is -2.15. The molecule has 2 rings (SSSR count). The molecular weight excluding hydrogens is 341 g/mol. The van der Waals surface area contributed by atoms with Crippen molar-refractivity contribution in [3.8, 4) is 0 Å². The molecule has 2 heterocycles. The normalized spacial score (nSPS) is 13.1. The van der Waals surface area contributed by atoms with Gasteiger partial charge in [0.05, 0.1) is 22.8 Å². The number of aryl methyl sites for hydroxylation is 2. The number of carbonyl (C=O) groups excluding carboxylic acids is 1. The molecule has 0 aliphatic carbocycles. The van der Waals surface area contributed by atoms with Gasteiger partial charge in [-0.15, -0.1) is 11.3 Å². The van der Waals surface area contributed by atoms with Crippen LogP contribution in [-0.2, 0) is 23.9 Å². The van der Waals surface area contributed by atoms with Gasteiger partial charge in [0, 0.05) is 18.5 Å². The van der Waals surface area contributed by atoms with Gasteiger partial charge in [0.1, 0.15) is 5.69 Å². The molecule has 0 aliphatic rings. The lowest BCUT2D eigenvalue weighted by molar-refractivity contribution is -0.144. The summed E-state index contributed by atoms with van der Waals surface area (Å²) in [5.74, 6) is -0.383. The van der Waals surface area contributed by atoms with Crippen molar-refractivity contribution in [1.29, 1.82) is 0 Å². The van der Waals surface area contributed by atoms with E-state index in [1.807, 2.05) is 12.3 Å². The van der Waals surface area contributed by atoms with Crippen LogP contribution in [0.4, 0.5) is 13.2 Å². The van der Waals surface area contributed by atoms with Crippen LogP contribution in [0.15, 0.2) is 11.4 Å². The van der Waals surface area contributed by atoms with Crippen LogP contribution in [-0.4, -0.2) is 27.2 Å². The van der Waals surface area contributed by atoms with Gasteiger partial charge in [-0.05, 0) is 25.8 Å². The zero-order valence-electron chi connectivity index (χ0n) is 13.6. The molecule has 0 spiro atoms. The summed E-state index contributed by atoms with van der Waals surface area (Å²) in [4.78, 5) is 16.1. The highest BCUT2D eigenvalue weighted by Crippen LogP contribution is 2.30. The lowest BCUT2D eigenvalue weighted by Crippen LogP contribution is -2.32. The second-order valence-electron chi connectivity index (χ2n) is 5.79. The van der Waals surface area contributed by atoms with Gasteiger partial charge in [0.2, 0.25) is 5.91 Å². The summed E-state index contributed by atoms with van der Waals surface area (Å²) in [7, 11) is 0. The Kier molecular flexibility index (Phi) is 5.63. The molecule has 24 heavy (non-hydrogen) atoms. The first-order valence-electron chi connectivity index (χ1n) is 7.44. The Labute approximate surface area is 141 Å². The van der Waals surface area contributed by atoms with E-state index in [9.17, 15) is 18.0 Å². The van der Waals surface area contributed by atoms with E-state index >= 15 is 0 Å². The number of hydrogen-bond acceptors (Lipinski definition) is 4. The average molecular weight is 360 g/mol. The number of nitrogens with zero attached hydrogens (tertiary/aromatic N) is 3. The number of alkyl halides is 3. The molecule has 0 unspecified atom stereocenters. The van der Waals surface area contributed by atoms with Crippen molar-refractivity contribution in [2.75, 3.05) is 6.54 Å². The van der Waals surface area contributed by atoms with Crippen LogP contribution in [0.5, 0.6) is 0 Å². The summed E-state index contributed by atoms with van der Waals surface area (Å²) in [6.45, 7) is 5.51. The summed E-state index contributed by atoms with van der Waals surface area (Å²) in [6, 6.07) is 1.02. The Balaban J connectivity index is 1.87. The third-order valence-electron chi connectivity index (χ3n) is 3.33. The maximum atomic E-state index is 12.9. The monoisotopic (exact) mass is 360 g/mol. The van der Waals surface area contributed by atoms with Crippen LogP contribution in [0.1, 0.15) is 29.0 Å². The molecule has 0 saturated heterocycles. The summed E-state index contributed by atoms with van der Waals surface area (Å²) < 4.78 is 39.8. The fraction of sp³-hybridized carbons (Fsp3) is 0.533. The van der Waals surface area contributed by atoms with E-state index in [0.29, 0.717) is 11.4 Å². The molecule has 2 aromatic rings. The molecule has 0 fully saturated rings. The highest BCUT2D eigenvalue weighted by molar-refractivity contribution is 7.09. The summed E-state index contributed by atoms with van der Waals surface area (Å²) >= 11 is 1.47. The first kappa shape index (κ1) is 18.4. The van der Waals surface area contributed by atoms with Crippen molar-refractivity contribution in [2.45, 2.75) is 39.9 Å². The van der Waals surface area contributed by atoms with Crippen LogP contribution >= 0.6 is 11.3 Å². The minimum atomic E-state index is -4.44. The van der Waals surface area contributed by atoms with Crippen molar-refractivity contribution in [3.05, 3.63) is 33.5 Å². The first-order chi connectivity index (χ1) is 11.1. The molecule has 1 amide bonds. The van der Waals surface area contributed by atoms with Crippen molar-refractivity contribution in [3.63, 3.8) is 0 Å². The molecule has 1 atom stereocenters. The lowest BCUT2D eigenvalue weighted by atomic mass is 10.1. The molecule has 2 aromatic heterocycles. The number of hydrogen-bond donors (Lipinski definition) is 1. The molecule has 132 valence electrons. The third kappa shape index (κ3) is 5.05. The fourth-order valence-corrected chi connectivity index (χ4v) is 2.89. The molecule has 0 bridgehead atoms. The van der Waals surface area contributed by atoms with E-state index < -0.39 is 11.9 Å². The number of thiazole rings is 1. The molecular formula is C15H19F3N4OS. The number of rotatable bonds is 6. The van der Waals surface area contributed by atoms with Crippen LogP contribution < -0.4 is 5.32 Å². The predicted molar refractivity (Wildman–Crippen MR) is 84.7 cm³/mol. The molecule has 0 saturated carbocycles. The Morgan fingerprint density at radius 1 is 1.42 bits per heavy atom. The minimum absolute atomic E-state index is 0.0821. The Morgan fingerprint density at radius 3 is 2.71 bits per heavy atom. The molecule has 0 radical (unpaired) electrons. The van der Waals surface area contributed by atoms with E-state index in [1.54, 1.807) is 6.92 Å². The number of nitrogens with one attached hydrogen (secondary N) is 1. The Morgan fingerprint density at radius 2 is 2.12 bits per heavy atom. The van der Waals surface area contributed by atoms with Gasteiger partial charge in [-0.2, -0.15) is 18.3 Å². The fourth-order valence-electron chi connectivity index (χ4n) is 2.28. The van der Waals surface area contributed by atoms with Gasteiger partial charge in [-0.1, -0.05) is 6.92 Å². The van der Waals surface area contributed by atoms with Gasteiger partial charge in [-0.25, -0.2) is 4.98 Å². The standard InChI is InChI=1S/C15H19F3N4OS/c1-9(6-19-14(23)5-12-8-24-11(3)20-12)7-22-13(15(16,17)18)4-10(2)21-22/h4,8-9H,5-7H2,1-3H3,(H,19,23)/t9-/m0/s1. The first-order valence-corrected chi connectivity index (χ1v) is 8.32. The van der Waals surface area contributed by atoms with Crippen LogP contribution in [0, 0.1) is 19.8 Å². The van der Waals surface area contributed by atoms with Gasteiger partial charge in [0.15, 0.2) is 0 Å². The van der Waals surface area contributed by atoms with E-state index in [1.165, 1.54) is 18.3 Å². The second-order valence-corrected chi connectivity index (χ2v) is 6.86. The molecule has 9 heteroatoms. The maximum Gasteiger partial charge on any atom is 0.433 e. The molecule has 0 aliphatic heterocycles. The van der Waals surface area contributed by atoms with E-state index in [0.717, 1.165) is 15.8 Å². The number of carbonyl (C=O) groups is 1. The summed E-state index contributed by atoms with van der Waals surface area (Å²) in [5.41, 5.74) is 0.248. The predicted octanol–water partition coefficient (Wildman–Crippen LogP) is 2.97. The number of halogens is 3. The highest BCUT2D eigenvalue weighted by Gasteiger charge is 2.35. The quantitative estimate of drug-likeness (QED) is 0.862. The molecule has 1 N–H and O–H groups in total. The van der Waals surface area contributed by atoms with E-state index in [4.69, 9.17) is 0 Å². The molecule has 5 nitrogen and oxygen atoms in total. The van der Waals surface area contributed by atoms with Crippen LogP contribution in [0.3, 0.4) is 0 Å². The van der Waals surface area contributed by atoms with Crippen molar-refractivity contribution < 1.29 is 18.0 Å². The second kappa shape index (κ2) is 7.33. The third-order valence-corrected chi connectivity index (χ3v) is 4.16. The van der Waals surface area contributed by atoms with Gasteiger partial charge >= 0.3 is 6.18 Å². The average Bonchev–Trinajstić information content (AvgIpc) is 3.02. The van der Waals surface area contributed by atoms with Crippen molar-refractivity contribution >= 4 is 17.2 Å². The highest BCUT2D eigenvalue weighted by atomic mass is 32.1. The van der Waals surface area contributed by atoms with Crippen molar-refractivity contribution in [1.82, 2.24) is 20.1 Å². The topological polar surface area (TPSA) is 59.8 Å². The molecule has 0 aromatic carbocycles. The van der Waals surface area contributed by atoms with Gasteiger partial charge < -0.3 is 5.32 Å².